The first-order valence-electron chi connectivity index (χ1n) is 7.47. The molecule has 2 heterocycles. The lowest BCUT2D eigenvalue weighted by atomic mass is 10.1. The lowest BCUT2D eigenvalue weighted by Gasteiger charge is -2.23. The largest absolute Gasteiger partial charge is 0.344 e. The summed E-state index contributed by atoms with van der Waals surface area (Å²) in [5, 5.41) is 0. The number of hydrogen-bond acceptors (Lipinski definition) is 4. The first kappa shape index (κ1) is 14.9. The van der Waals surface area contributed by atoms with Crippen LogP contribution in [0.1, 0.15) is 18.5 Å². The highest BCUT2D eigenvalue weighted by Crippen LogP contribution is 2.38. The number of nitrogens with one attached hydrogen (secondary N) is 2. The molecule has 3 unspecified atom stereocenters. The molecule has 0 radical (unpaired) electrons. The maximum absolute atomic E-state index is 12.5. The number of carbonyl (C=O) groups excluding carboxylic acids is 1. The first-order valence-corrected chi connectivity index (χ1v) is 8.38. The summed E-state index contributed by atoms with van der Waals surface area (Å²) in [6.45, 7) is 0.682. The molecule has 2 aliphatic rings. The molecule has 21 heavy (non-hydrogen) atoms. The maximum Gasteiger partial charge on any atom is 0.242 e. The van der Waals surface area contributed by atoms with Gasteiger partial charge in [-0.2, -0.15) is 0 Å². The summed E-state index contributed by atoms with van der Waals surface area (Å²) < 4.78 is 0. The van der Waals surface area contributed by atoms with Crippen LogP contribution in [0.25, 0.3) is 0 Å². The van der Waals surface area contributed by atoms with Crippen molar-refractivity contribution >= 4 is 21.8 Å². The van der Waals surface area contributed by atoms with Crippen molar-refractivity contribution in [2.24, 2.45) is 5.92 Å². The second kappa shape index (κ2) is 6.42. The monoisotopic (exact) mass is 352 g/mol. The molecule has 3 atom stereocenters. The molecule has 1 aliphatic carbocycles. The fraction of sp³-hybridized carbons (Fsp3) is 0.600. The summed E-state index contributed by atoms with van der Waals surface area (Å²) in [6, 6.07) is 6.04. The zero-order chi connectivity index (χ0) is 14.8. The third-order valence-corrected chi connectivity index (χ3v) is 5.37. The molecular weight excluding hydrogens is 332 g/mol. The second-order valence-electron chi connectivity index (χ2n) is 5.90. The molecule has 114 valence electrons. The van der Waals surface area contributed by atoms with E-state index in [0.717, 1.165) is 12.1 Å². The van der Waals surface area contributed by atoms with Gasteiger partial charge >= 0.3 is 0 Å². The number of alkyl halides is 1. The minimum Gasteiger partial charge on any atom is -0.344 e. The topological polar surface area (TPSA) is 57.3 Å². The predicted molar refractivity (Wildman–Crippen MR) is 84.9 cm³/mol. The molecule has 6 heteroatoms. The van der Waals surface area contributed by atoms with E-state index >= 15 is 0 Å². The van der Waals surface area contributed by atoms with Crippen molar-refractivity contribution in [1.29, 1.82) is 0 Å². The SMILES string of the molecule is CN(CCc1ccccn1)C(=O)C1NNC(C2CC2)C1Br. The van der Waals surface area contributed by atoms with Crippen molar-refractivity contribution in [2.45, 2.75) is 36.2 Å². The Kier molecular flexibility index (Phi) is 4.57. The van der Waals surface area contributed by atoms with E-state index < -0.39 is 0 Å². The quantitative estimate of drug-likeness (QED) is 0.779. The van der Waals surface area contributed by atoms with Gasteiger partial charge in [-0.3, -0.25) is 15.2 Å². The molecule has 2 N–H and O–H groups in total. The van der Waals surface area contributed by atoms with Crippen LogP contribution in [0.4, 0.5) is 0 Å². The van der Waals surface area contributed by atoms with Crippen LogP contribution in [-0.2, 0) is 11.2 Å². The third kappa shape index (κ3) is 3.44. The Morgan fingerprint density at radius 1 is 1.43 bits per heavy atom. The molecule has 1 amide bonds. The number of aromatic nitrogens is 1. The Labute approximate surface area is 133 Å². The van der Waals surface area contributed by atoms with E-state index in [2.05, 4.69) is 31.8 Å². The van der Waals surface area contributed by atoms with Crippen LogP contribution in [-0.4, -0.2) is 46.3 Å². The van der Waals surface area contributed by atoms with Gasteiger partial charge in [-0.05, 0) is 30.9 Å². The first-order chi connectivity index (χ1) is 10.2. The van der Waals surface area contributed by atoms with Crippen LogP contribution in [0.2, 0.25) is 0 Å². The number of carbonyl (C=O) groups is 1. The van der Waals surface area contributed by atoms with Crippen LogP contribution >= 0.6 is 15.9 Å². The molecule has 1 saturated carbocycles. The van der Waals surface area contributed by atoms with Gasteiger partial charge in [0.15, 0.2) is 0 Å². The summed E-state index contributed by atoms with van der Waals surface area (Å²) in [4.78, 5) is 18.8. The minimum atomic E-state index is -0.190. The van der Waals surface area contributed by atoms with Crippen LogP contribution in [0, 0.1) is 5.92 Å². The molecule has 0 bridgehead atoms. The van der Waals surface area contributed by atoms with Gasteiger partial charge in [0.05, 0.1) is 4.83 Å². The van der Waals surface area contributed by atoms with Crippen LogP contribution < -0.4 is 10.9 Å². The van der Waals surface area contributed by atoms with Crippen molar-refractivity contribution in [3.63, 3.8) is 0 Å². The number of hydrogen-bond donors (Lipinski definition) is 2. The third-order valence-electron chi connectivity index (χ3n) is 4.27. The van der Waals surface area contributed by atoms with E-state index in [-0.39, 0.29) is 16.8 Å². The van der Waals surface area contributed by atoms with Gasteiger partial charge in [-0.15, -0.1) is 0 Å². The molecule has 0 spiro atoms. The molecular formula is C15H21BrN4O. The van der Waals surface area contributed by atoms with E-state index in [1.165, 1.54) is 12.8 Å². The molecule has 1 saturated heterocycles. The smallest absolute Gasteiger partial charge is 0.242 e. The number of likely N-dealkylation sites (N-methyl/N-ethyl adjacent to an activating group) is 1. The van der Waals surface area contributed by atoms with Crippen LogP contribution in [0.3, 0.4) is 0 Å². The number of rotatable bonds is 5. The Hall–Kier alpha value is -0.980. The van der Waals surface area contributed by atoms with Crippen molar-refractivity contribution < 1.29 is 4.79 Å². The normalized spacial score (nSPS) is 28.6. The summed E-state index contributed by atoms with van der Waals surface area (Å²) >= 11 is 3.69. The van der Waals surface area contributed by atoms with Crippen LogP contribution in [0.15, 0.2) is 24.4 Å². The molecule has 1 aromatic rings. The number of nitrogens with zero attached hydrogens (tertiary/aromatic N) is 2. The van der Waals surface area contributed by atoms with Gasteiger partial charge < -0.3 is 4.90 Å². The fourth-order valence-corrected chi connectivity index (χ4v) is 3.68. The van der Waals surface area contributed by atoms with Crippen LogP contribution in [0.5, 0.6) is 0 Å². The van der Waals surface area contributed by atoms with Crippen molar-refractivity contribution in [1.82, 2.24) is 20.7 Å². The minimum absolute atomic E-state index is 0.128. The Morgan fingerprint density at radius 3 is 2.90 bits per heavy atom. The number of pyridine rings is 1. The average molecular weight is 353 g/mol. The standard InChI is InChI=1S/C15H21BrN4O/c1-20(9-7-11-4-2-3-8-17-11)15(21)14-12(16)13(18-19-14)10-5-6-10/h2-4,8,10,12-14,18-19H,5-7,9H2,1H3. The highest BCUT2D eigenvalue weighted by molar-refractivity contribution is 9.09. The van der Waals surface area contributed by atoms with Crippen molar-refractivity contribution in [2.75, 3.05) is 13.6 Å². The number of halogens is 1. The molecule has 0 aromatic carbocycles. The summed E-state index contributed by atoms with van der Waals surface area (Å²) in [5.41, 5.74) is 7.44. The second-order valence-corrected chi connectivity index (χ2v) is 6.96. The molecule has 1 aliphatic heterocycles. The zero-order valence-corrected chi connectivity index (χ0v) is 13.7. The van der Waals surface area contributed by atoms with Gasteiger partial charge in [0.25, 0.3) is 0 Å². The Morgan fingerprint density at radius 2 is 2.24 bits per heavy atom. The summed E-state index contributed by atoms with van der Waals surface area (Å²) in [6.07, 6.45) is 5.09. The van der Waals surface area contributed by atoms with Gasteiger partial charge in [0, 0.05) is 37.9 Å². The van der Waals surface area contributed by atoms with Gasteiger partial charge in [0.1, 0.15) is 6.04 Å². The van der Waals surface area contributed by atoms with E-state index in [9.17, 15) is 4.79 Å². The Bertz CT molecular complexity index is 494. The van der Waals surface area contributed by atoms with E-state index in [1.807, 2.05) is 25.2 Å². The lowest BCUT2D eigenvalue weighted by molar-refractivity contribution is -0.131. The number of amides is 1. The number of hydrazine groups is 1. The molecule has 5 nitrogen and oxygen atoms in total. The predicted octanol–water partition coefficient (Wildman–Crippen LogP) is 1.10. The maximum atomic E-state index is 12.5. The zero-order valence-electron chi connectivity index (χ0n) is 12.1. The van der Waals surface area contributed by atoms with Crippen molar-refractivity contribution in [3.8, 4) is 0 Å². The van der Waals surface area contributed by atoms with E-state index in [0.29, 0.717) is 18.5 Å². The molecule has 3 rings (SSSR count). The highest BCUT2D eigenvalue weighted by atomic mass is 79.9. The molecule has 1 aromatic heterocycles. The Balaban J connectivity index is 1.52. The summed E-state index contributed by atoms with van der Waals surface area (Å²) in [5.74, 6) is 0.835. The van der Waals surface area contributed by atoms with Gasteiger partial charge in [0.2, 0.25) is 5.91 Å². The molecule has 2 fully saturated rings. The van der Waals surface area contributed by atoms with E-state index in [1.54, 1.807) is 11.1 Å². The van der Waals surface area contributed by atoms with E-state index in [4.69, 9.17) is 0 Å². The average Bonchev–Trinajstić information content (AvgIpc) is 3.28. The van der Waals surface area contributed by atoms with Crippen molar-refractivity contribution in [3.05, 3.63) is 30.1 Å². The summed E-state index contributed by atoms with van der Waals surface area (Å²) in [7, 11) is 1.86. The fourth-order valence-electron chi connectivity index (χ4n) is 2.76. The van der Waals surface area contributed by atoms with Gasteiger partial charge in [-0.1, -0.05) is 22.0 Å². The van der Waals surface area contributed by atoms with Gasteiger partial charge in [-0.25, -0.2) is 5.43 Å². The lowest BCUT2D eigenvalue weighted by Crippen LogP contribution is -2.47. The highest BCUT2D eigenvalue weighted by Gasteiger charge is 2.46.